The van der Waals surface area contributed by atoms with Gasteiger partial charge in [-0.1, -0.05) is 0 Å². The van der Waals surface area contributed by atoms with Crippen molar-refractivity contribution in [2.75, 3.05) is 5.73 Å². The first-order valence-electron chi connectivity index (χ1n) is 3.28. The van der Waals surface area contributed by atoms with E-state index < -0.39 is 0 Å². The van der Waals surface area contributed by atoms with Crippen molar-refractivity contribution in [2.24, 2.45) is 4.99 Å². The van der Waals surface area contributed by atoms with Crippen molar-refractivity contribution < 1.29 is 0 Å². The summed E-state index contributed by atoms with van der Waals surface area (Å²) in [4.78, 5) is 3.84. The largest absolute Gasteiger partial charge is 0.383 e. The predicted molar refractivity (Wildman–Crippen MR) is 52.6 cm³/mol. The maximum Gasteiger partial charge on any atom is 0.133 e. The van der Waals surface area contributed by atoms with Crippen molar-refractivity contribution in [2.45, 2.75) is 13.8 Å². The number of anilines is 1. The summed E-state index contributed by atoms with van der Waals surface area (Å²) in [6, 6.07) is 0. The van der Waals surface area contributed by atoms with E-state index in [0.29, 0.717) is 5.82 Å². The van der Waals surface area contributed by atoms with Crippen molar-refractivity contribution in [3.63, 3.8) is 0 Å². The van der Waals surface area contributed by atoms with Crippen LogP contribution in [0.3, 0.4) is 0 Å². The van der Waals surface area contributed by atoms with Gasteiger partial charge in [0.15, 0.2) is 0 Å². The van der Waals surface area contributed by atoms with Gasteiger partial charge >= 0.3 is 0 Å². The van der Waals surface area contributed by atoms with Crippen LogP contribution in [0.1, 0.15) is 11.3 Å². The summed E-state index contributed by atoms with van der Waals surface area (Å²) in [6.45, 7) is 7.43. The van der Waals surface area contributed by atoms with E-state index in [2.05, 4.69) is 21.1 Å². The zero-order valence-corrected chi connectivity index (χ0v) is 7.91. The van der Waals surface area contributed by atoms with Gasteiger partial charge in [-0.15, -0.1) is 0 Å². The molecule has 1 heterocycles. The minimum atomic E-state index is 0.653. The number of aromatic nitrogens is 1. The van der Waals surface area contributed by atoms with E-state index in [1.807, 2.05) is 18.2 Å². The maximum atomic E-state index is 5.72. The van der Waals surface area contributed by atoms with E-state index in [0.717, 1.165) is 16.9 Å². The van der Waals surface area contributed by atoms with Gasteiger partial charge < -0.3 is 10.1 Å². The Balaban J connectivity index is 3.47. The lowest BCUT2D eigenvalue weighted by molar-refractivity contribution is 1.16. The number of hydrogen-bond donors (Lipinski definition) is 1. The highest BCUT2D eigenvalue weighted by Crippen LogP contribution is 2.32. The van der Waals surface area contributed by atoms with Gasteiger partial charge in [-0.2, -0.15) is 0 Å². The molecule has 1 atom stereocenters. The van der Waals surface area contributed by atoms with Gasteiger partial charge in [-0.05, 0) is 35.5 Å². The van der Waals surface area contributed by atoms with Gasteiger partial charge in [-0.3, -0.25) is 4.99 Å². The van der Waals surface area contributed by atoms with Crippen LogP contribution in [0.15, 0.2) is 4.99 Å². The zero-order valence-electron chi connectivity index (χ0n) is 6.76. The molecule has 0 aliphatic rings. The van der Waals surface area contributed by atoms with E-state index in [1.165, 1.54) is 0 Å². The average Bonchev–Trinajstić information content (AvgIpc) is 2.17. The molecule has 0 saturated heterocycles. The summed E-state index contributed by atoms with van der Waals surface area (Å²) in [5.74, 6) is 0.653. The van der Waals surface area contributed by atoms with Crippen molar-refractivity contribution in [1.29, 1.82) is 0 Å². The van der Waals surface area contributed by atoms with E-state index in [-0.39, 0.29) is 0 Å². The van der Waals surface area contributed by atoms with Crippen LogP contribution in [0.25, 0.3) is 0 Å². The van der Waals surface area contributed by atoms with Crippen LogP contribution in [0, 0.1) is 13.8 Å². The van der Waals surface area contributed by atoms with E-state index >= 15 is 0 Å². The minimum absolute atomic E-state index is 0.653. The molecule has 0 amide bonds. The number of nitrogens with zero attached hydrogens (tertiary/aromatic N) is 2. The number of aliphatic imine (C=N–C) groups is 1. The smallest absolute Gasteiger partial charge is 0.133 e. The molecule has 1 aromatic heterocycles. The standard InChI is InChI=1S/C7H12N3P/c1-4-5(2)10(11)7(8)6(4)9-3/h3,8,11H2,1-2H3. The third-order valence-electron chi connectivity index (χ3n) is 1.92. The average molecular weight is 169 g/mol. The third-order valence-corrected chi connectivity index (χ3v) is 2.59. The highest BCUT2D eigenvalue weighted by molar-refractivity contribution is 7.14. The molecule has 11 heavy (non-hydrogen) atoms. The Kier molecular flexibility index (Phi) is 2.01. The van der Waals surface area contributed by atoms with Gasteiger partial charge in [-0.25, -0.2) is 0 Å². The lowest BCUT2D eigenvalue weighted by atomic mass is 10.2. The Morgan fingerprint density at radius 1 is 1.55 bits per heavy atom. The van der Waals surface area contributed by atoms with Gasteiger partial charge in [0, 0.05) is 5.69 Å². The molecule has 2 N–H and O–H groups in total. The Bertz CT molecular complexity index is 276. The highest BCUT2D eigenvalue weighted by atomic mass is 31.0. The second-order valence-electron chi connectivity index (χ2n) is 2.47. The fourth-order valence-electron chi connectivity index (χ4n) is 1.04. The van der Waals surface area contributed by atoms with Crippen molar-refractivity contribution in [3.05, 3.63) is 11.3 Å². The van der Waals surface area contributed by atoms with Crippen LogP contribution >= 0.6 is 9.39 Å². The molecule has 0 spiro atoms. The summed E-state index contributed by atoms with van der Waals surface area (Å²) in [5, 5.41) is 0. The van der Waals surface area contributed by atoms with Gasteiger partial charge in [0.25, 0.3) is 0 Å². The predicted octanol–water partition coefficient (Wildman–Crippen LogP) is 1.66. The summed E-state index contributed by atoms with van der Waals surface area (Å²) < 4.78 is 1.83. The molecule has 0 bridgehead atoms. The SMILES string of the molecule is C=Nc1c(C)c(C)n(P)c1N. The molecule has 4 heteroatoms. The molecule has 1 aromatic rings. The van der Waals surface area contributed by atoms with E-state index in [1.54, 1.807) is 0 Å². The van der Waals surface area contributed by atoms with Crippen LogP contribution < -0.4 is 5.73 Å². The summed E-state index contributed by atoms with van der Waals surface area (Å²) >= 11 is 0. The summed E-state index contributed by atoms with van der Waals surface area (Å²) in [7, 11) is 2.53. The van der Waals surface area contributed by atoms with Crippen molar-refractivity contribution in [3.8, 4) is 0 Å². The molecule has 0 fully saturated rings. The molecule has 0 aromatic carbocycles. The highest BCUT2D eigenvalue weighted by Gasteiger charge is 2.10. The monoisotopic (exact) mass is 169 g/mol. The van der Waals surface area contributed by atoms with Crippen LogP contribution in [-0.2, 0) is 0 Å². The summed E-state index contributed by atoms with van der Waals surface area (Å²) in [5.41, 5.74) is 8.71. The van der Waals surface area contributed by atoms with Gasteiger partial charge in [0.2, 0.25) is 0 Å². The number of hydrogen-bond acceptors (Lipinski definition) is 2. The Hall–Kier alpha value is -0.820. The first-order valence-corrected chi connectivity index (χ1v) is 3.80. The molecule has 1 unspecified atom stereocenters. The van der Waals surface area contributed by atoms with Crippen LogP contribution in [0.4, 0.5) is 11.5 Å². The molecule has 60 valence electrons. The number of nitrogens with two attached hydrogens (primary N) is 1. The fourth-order valence-corrected chi connectivity index (χ4v) is 1.35. The molecular weight excluding hydrogens is 157 g/mol. The molecule has 0 radical (unpaired) electrons. The van der Waals surface area contributed by atoms with E-state index in [9.17, 15) is 0 Å². The Morgan fingerprint density at radius 3 is 2.27 bits per heavy atom. The van der Waals surface area contributed by atoms with Crippen LogP contribution in [0.5, 0.6) is 0 Å². The number of nitrogen functional groups attached to an aromatic ring is 1. The first-order chi connectivity index (χ1) is 5.09. The topological polar surface area (TPSA) is 43.3 Å². The number of rotatable bonds is 1. The molecule has 3 nitrogen and oxygen atoms in total. The fraction of sp³-hybridized carbons (Fsp3) is 0.286. The Morgan fingerprint density at radius 2 is 2.09 bits per heavy atom. The lowest BCUT2D eigenvalue weighted by Crippen LogP contribution is -1.90. The lowest BCUT2D eigenvalue weighted by Gasteiger charge is -1.97. The minimum Gasteiger partial charge on any atom is -0.383 e. The van der Waals surface area contributed by atoms with Gasteiger partial charge in [0.05, 0.1) is 0 Å². The van der Waals surface area contributed by atoms with Gasteiger partial charge in [0.1, 0.15) is 11.5 Å². The maximum absolute atomic E-state index is 5.72. The van der Waals surface area contributed by atoms with Crippen molar-refractivity contribution in [1.82, 2.24) is 4.34 Å². The molecule has 1 rings (SSSR count). The normalized spacial score (nSPS) is 10.1. The van der Waals surface area contributed by atoms with Crippen LogP contribution in [0.2, 0.25) is 0 Å². The van der Waals surface area contributed by atoms with Crippen molar-refractivity contribution >= 4 is 27.6 Å². The van der Waals surface area contributed by atoms with Crippen LogP contribution in [-0.4, -0.2) is 11.1 Å². The van der Waals surface area contributed by atoms with E-state index in [4.69, 9.17) is 5.73 Å². The molecular formula is C7H12N3P. The first kappa shape index (κ1) is 8.28. The summed E-state index contributed by atoms with van der Waals surface area (Å²) in [6.07, 6.45) is 0. The molecule has 0 saturated carbocycles. The Labute approximate surface area is 68.6 Å². The second-order valence-corrected chi connectivity index (χ2v) is 2.99. The second kappa shape index (κ2) is 2.67. The molecule has 0 aliphatic heterocycles. The molecule has 0 aliphatic carbocycles. The quantitative estimate of drug-likeness (QED) is 0.504. The third kappa shape index (κ3) is 1.05. The zero-order chi connectivity index (χ0) is 8.59.